The Bertz CT molecular complexity index is 578. The fourth-order valence-corrected chi connectivity index (χ4v) is 2.30. The number of ether oxygens (including phenoxy) is 1. The second-order valence-electron chi connectivity index (χ2n) is 5.02. The second kappa shape index (κ2) is 8.27. The molecular weight excluding hydrogens is 266 g/mol. The molecule has 0 aromatic heterocycles. The van der Waals surface area contributed by atoms with Crippen LogP contribution in [0.1, 0.15) is 32.1 Å². The molecule has 0 spiro atoms. The summed E-state index contributed by atoms with van der Waals surface area (Å²) in [4.78, 5) is 10.8. The van der Waals surface area contributed by atoms with Crippen LogP contribution >= 0.6 is 0 Å². The topological polar surface area (TPSA) is 58.6 Å². The van der Waals surface area contributed by atoms with Crippen molar-refractivity contribution in [3.63, 3.8) is 0 Å². The summed E-state index contributed by atoms with van der Waals surface area (Å²) in [5, 5.41) is 10.7. The highest BCUT2D eigenvalue weighted by atomic mass is 16.5. The van der Waals surface area contributed by atoms with Crippen LogP contribution in [0, 0.1) is 0 Å². The van der Waals surface area contributed by atoms with Crippen LogP contribution in [-0.2, 0) is 4.79 Å². The van der Waals surface area contributed by atoms with Crippen LogP contribution in [-0.4, -0.2) is 17.7 Å². The molecule has 4 nitrogen and oxygen atoms in total. The van der Waals surface area contributed by atoms with Crippen LogP contribution in [0.4, 0.5) is 0 Å². The van der Waals surface area contributed by atoms with Crippen LogP contribution in [0.15, 0.2) is 42.5 Å². The Hall–Kier alpha value is -2.07. The van der Waals surface area contributed by atoms with E-state index in [4.69, 9.17) is 9.94 Å². The molecule has 2 rings (SSSR count). The lowest BCUT2D eigenvalue weighted by Crippen LogP contribution is -2.17. The minimum atomic E-state index is -0.318. The van der Waals surface area contributed by atoms with Crippen molar-refractivity contribution in [2.75, 3.05) is 6.61 Å². The van der Waals surface area contributed by atoms with Gasteiger partial charge in [0.05, 0.1) is 6.61 Å². The number of nitrogens with one attached hydrogen (secondary N) is 1. The van der Waals surface area contributed by atoms with E-state index in [1.165, 1.54) is 5.39 Å². The van der Waals surface area contributed by atoms with Gasteiger partial charge in [-0.05, 0) is 24.3 Å². The normalized spacial score (nSPS) is 10.5. The van der Waals surface area contributed by atoms with Crippen molar-refractivity contribution in [2.24, 2.45) is 0 Å². The Morgan fingerprint density at radius 2 is 1.76 bits per heavy atom. The average molecular weight is 287 g/mol. The van der Waals surface area contributed by atoms with E-state index in [0.717, 1.165) is 36.8 Å². The van der Waals surface area contributed by atoms with Gasteiger partial charge in [-0.3, -0.25) is 10.0 Å². The standard InChI is InChI=1S/C17H21NO3/c19-17(18-20)12-3-1-2-6-13-21-16-11-7-9-14-8-4-5-10-15(14)16/h4-5,7-11,20H,1-3,6,12-13H2,(H,18,19). The average Bonchev–Trinajstić information content (AvgIpc) is 2.53. The number of hydrogen-bond acceptors (Lipinski definition) is 3. The summed E-state index contributed by atoms with van der Waals surface area (Å²) in [6.07, 6.45) is 4.11. The Morgan fingerprint density at radius 3 is 2.62 bits per heavy atom. The number of carbonyl (C=O) groups excluding carboxylic acids is 1. The molecule has 0 unspecified atom stereocenters. The van der Waals surface area contributed by atoms with E-state index in [1.54, 1.807) is 5.48 Å². The van der Waals surface area contributed by atoms with E-state index in [0.29, 0.717) is 13.0 Å². The van der Waals surface area contributed by atoms with Gasteiger partial charge < -0.3 is 4.74 Å². The van der Waals surface area contributed by atoms with Gasteiger partial charge in [-0.2, -0.15) is 0 Å². The van der Waals surface area contributed by atoms with Crippen molar-refractivity contribution >= 4 is 16.7 Å². The molecular formula is C17H21NO3. The summed E-state index contributed by atoms with van der Waals surface area (Å²) in [5.74, 6) is 0.606. The summed E-state index contributed by atoms with van der Waals surface area (Å²) in [6, 6.07) is 14.3. The fraction of sp³-hybridized carbons (Fsp3) is 0.353. The molecule has 0 bridgehead atoms. The zero-order valence-corrected chi connectivity index (χ0v) is 12.0. The number of fused-ring (bicyclic) bond motifs is 1. The van der Waals surface area contributed by atoms with Crippen LogP contribution in [0.25, 0.3) is 10.8 Å². The molecule has 1 amide bonds. The first-order chi connectivity index (χ1) is 10.3. The lowest BCUT2D eigenvalue weighted by molar-refractivity contribution is -0.129. The van der Waals surface area contributed by atoms with E-state index in [-0.39, 0.29) is 5.91 Å². The van der Waals surface area contributed by atoms with E-state index in [1.807, 2.05) is 24.3 Å². The molecule has 0 aliphatic rings. The molecule has 0 aliphatic carbocycles. The maximum atomic E-state index is 10.8. The summed E-state index contributed by atoms with van der Waals surface area (Å²) >= 11 is 0. The van der Waals surface area contributed by atoms with Crippen LogP contribution in [0.5, 0.6) is 5.75 Å². The van der Waals surface area contributed by atoms with Crippen LogP contribution in [0.2, 0.25) is 0 Å². The van der Waals surface area contributed by atoms with Crippen molar-refractivity contribution in [1.29, 1.82) is 0 Å². The van der Waals surface area contributed by atoms with E-state index in [9.17, 15) is 4.79 Å². The molecule has 2 aromatic rings. The van der Waals surface area contributed by atoms with Crippen molar-refractivity contribution in [2.45, 2.75) is 32.1 Å². The molecule has 0 fully saturated rings. The van der Waals surface area contributed by atoms with Gasteiger partial charge in [0.2, 0.25) is 5.91 Å². The SMILES string of the molecule is O=C(CCCCCCOc1cccc2ccccc12)NO. The summed E-state index contributed by atoms with van der Waals surface area (Å²) < 4.78 is 5.85. The molecule has 0 aliphatic heterocycles. The van der Waals surface area contributed by atoms with Crippen LogP contribution in [0.3, 0.4) is 0 Å². The van der Waals surface area contributed by atoms with E-state index < -0.39 is 0 Å². The Morgan fingerprint density at radius 1 is 1.00 bits per heavy atom. The third kappa shape index (κ3) is 4.76. The molecule has 0 saturated carbocycles. The molecule has 2 aromatic carbocycles. The molecule has 0 saturated heterocycles. The number of unbranched alkanes of at least 4 members (excludes halogenated alkanes) is 3. The molecule has 0 atom stereocenters. The van der Waals surface area contributed by atoms with Gasteiger partial charge in [-0.1, -0.05) is 49.2 Å². The van der Waals surface area contributed by atoms with E-state index >= 15 is 0 Å². The molecule has 2 N–H and O–H groups in total. The largest absolute Gasteiger partial charge is 0.493 e. The highest BCUT2D eigenvalue weighted by Gasteiger charge is 2.01. The zero-order valence-electron chi connectivity index (χ0n) is 12.0. The van der Waals surface area contributed by atoms with Crippen molar-refractivity contribution in [1.82, 2.24) is 5.48 Å². The minimum absolute atomic E-state index is 0.318. The predicted molar refractivity (Wildman–Crippen MR) is 82.5 cm³/mol. The number of hydroxylamine groups is 1. The van der Waals surface area contributed by atoms with Gasteiger partial charge in [0.15, 0.2) is 0 Å². The van der Waals surface area contributed by atoms with E-state index in [2.05, 4.69) is 18.2 Å². The predicted octanol–water partition coefficient (Wildman–Crippen LogP) is 3.67. The van der Waals surface area contributed by atoms with Crippen molar-refractivity contribution in [3.05, 3.63) is 42.5 Å². The monoisotopic (exact) mass is 287 g/mol. The molecule has 0 heterocycles. The summed E-state index contributed by atoms with van der Waals surface area (Å²) in [7, 11) is 0. The highest BCUT2D eigenvalue weighted by molar-refractivity contribution is 5.88. The Balaban J connectivity index is 1.70. The number of rotatable bonds is 8. The summed E-state index contributed by atoms with van der Waals surface area (Å²) in [5.41, 5.74) is 1.64. The van der Waals surface area contributed by atoms with Gasteiger partial charge in [-0.15, -0.1) is 0 Å². The van der Waals surface area contributed by atoms with Crippen molar-refractivity contribution in [3.8, 4) is 5.75 Å². The highest BCUT2D eigenvalue weighted by Crippen LogP contribution is 2.25. The van der Waals surface area contributed by atoms with Gasteiger partial charge in [0.25, 0.3) is 0 Å². The fourth-order valence-electron chi connectivity index (χ4n) is 2.30. The smallest absolute Gasteiger partial charge is 0.243 e. The Labute approximate surface area is 124 Å². The Kier molecular flexibility index (Phi) is 6.03. The van der Waals surface area contributed by atoms with Crippen LogP contribution < -0.4 is 10.2 Å². The second-order valence-corrected chi connectivity index (χ2v) is 5.02. The molecule has 4 heteroatoms. The lowest BCUT2D eigenvalue weighted by Gasteiger charge is -2.09. The zero-order chi connectivity index (χ0) is 14.9. The minimum Gasteiger partial charge on any atom is -0.493 e. The maximum absolute atomic E-state index is 10.8. The summed E-state index contributed by atoms with van der Waals surface area (Å²) in [6.45, 7) is 0.681. The first kappa shape index (κ1) is 15.3. The van der Waals surface area contributed by atoms with Gasteiger partial charge in [-0.25, -0.2) is 5.48 Å². The number of amides is 1. The third-order valence-corrected chi connectivity index (χ3v) is 3.43. The third-order valence-electron chi connectivity index (χ3n) is 3.43. The molecule has 0 radical (unpaired) electrons. The van der Waals surface area contributed by atoms with Gasteiger partial charge >= 0.3 is 0 Å². The molecule has 21 heavy (non-hydrogen) atoms. The first-order valence-corrected chi connectivity index (χ1v) is 7.35. The molecule has 112 valence electrons. The number of hydrogen-bond donors (Lipinski definition) is 2. The first-order valence-electron chi connectivity index (χ1n) is 7.35. The number of carbonyl (C=O) groups is 1. The quantitative estimate of drug-likeness (QED) is 0.442. The van der Waals surface area contributed by atoms with Gasteiger partial charge in [0, 0.05) is 11.8 Å². The van der Waals surface area contributed by atoms with Gasteiger partial charge in [0.1, 0.15) is 5.75 Å². The maximum Gasteiger partial charge on any atom is 0.243 e. The lowest BCUT2D eigenvalue weighted by atomic mass is 10.1. The van der Waals surface area contributed by atoms with Crippen molar-refractivity contribution < 1.29 is 14.7 Å². The number of benzene rings is 2.